The molecule has 8 nitrogen and oxygen atoms in total. The molecule has 0 spiro atoms. The Hall–Kier alpha value is -2.39. The average Bonchev–Trinajstić information content (AvgIpc) is 2.79. The number of urea groups is 1. The van der Waals surface area contributed by atoms with Crippen molar-refractivity contribution in [3.63, 3.8) is 0 Å². The number of thioether (sulfide) groups is 1. The number of likely N-dealkylation sites (N-methyl/N-ethyl adjacent to an activating group) is 1. The highest BCUT2D eigenvalue weighted by molar-refractivity contribution is 7.98. The van der Waals surface area contributed by atoms with Crippen LogP contribution in [0.3, 0.4) is 0 Å². The topological polar surface area (TPSA) is 90.0 Å². The molecule has 146 valence electrons. The van der Waals surface area contributed by atoms with Gasteiger partial charge in [-0.1, -0.05) is 26.0 Å². The summed E-state index contributed by atoms with van der Waals surface area (Å²) in [7, 11) is 1.61. The number of carbonyl (C=O) groups is 4. The van der Waals surface area contributed by atoms with Gasteiger partial charge < -0.3 is 5.32 Å². The molecule has 0 atom stereocenters. The second-order valence-electron chi connectivity index (χ2n) is 6.73. The van der Waals surface area contributed by atoms with E-state index in [1.807, 2.05) is 38.3 Å². The molecule has 1 N–H and O–H groups in total. The molecule has 0 bridgehead atoms. The molecular formula is C18H24N4O4S. The zero-order valence-corrected chi connectivity index (χ0v) is 16.7. The monoisotopic (exact) mass is 392 g/mol. The lowest BCUT2D eigenvalue weighted by Crippen LogP contribution is -2.43. The largest absolute Gasteiger partial charge is 0.335 e. The number of nitrogens with zero attached hydrogens (tertiary/aromatic N) is 3. The number of imide groups is 2. The number of nitrogens with one attached hydrogen (secondary N) is 1. The molecule has 1 heterocycles. The van der Waals surface area contributed by atoms with Crippen LogP contribution in [0.1, 0.15) is 13.8 Å². The van der Waals surface area contributed by atoms with Crippen LogP contribution >= 0.6 is 11.8 Å². The van der Waals surface area contributed by atoms with Crippen molar-refractivity contribution >= 4 is 41.2 Å². The lowest BCUT2D eigenvalue weighted by atomic mass is 10.2. The fraction of sp³-hybridized carbons (Fsp3) is 0.444. The van der Waals surface area contributed by atoms with Crippen LogP contribution in [0.4, 0.5) is 10.5 Å². The lowest BCUT2D eigenvalue weighted by Gasteiger charge is -2.22. The molecule has 0 radical (unpaired) electrons. The minimum Gasteiger partial charge on any atom is -0.324 e. The molecule has 0 saturated carbocycles. The minimum atomic E-state index is -0.861. The molecule has 1 aromatic carbocycles. The molecular weight excluding hydrogens is 368 g/mol. The number of anilines is 1. The van der Waals surface area contributed by atoms with Gasteiger partial charge in [0, 0.05) is 11.4 Å². The minimum absolute atomic E-state index is 0.0296. The summed E-state index contributed by atoms with van der Waals surface area (Å²) >= 11 is 1.52. The summed E-state index contributed by atoms with van der Waals surface area (Å²) < 4.78 is 0. The third-order valence-corrected chi connectivity index (χ3v) is 4.66. The molecule has 1 fully saturated rings. The number of hydrogen-bond acceptors (Lipinski definition) is 6. The van der Waals surface area contributed by atoms with Gasteiger partial charge >= 0.3 is 17.8 Å². The number of hydrogen-bond donors (Lipinski definition) is 1. The molecule has 1 aromatic rings. The van der Waals surface area contributed by atoms with Gasteiger partial charge in [0.15, 0.2) is 0 Å². The molecule has 1 aliphatic rings. The maximum absolute atomic E-state index is 12.3. The van der Waals surface area contributed by atoms with Crippen molar-refractivity contribution in [1.29, 1.82) is 0 Å². The second kappa shape index (κ2) is 9.01. The number of para-hydroxylation sites is 1. The van der Waals surface area contributed by atoms with Crippen LogP contribution in [0, 0.1) is 5.92 Å². The van der Waals surface area contributed by atoms with Crippen LogP contribution in [0.5, 0.6) is 0 Å². The van der Waals surface area contributed by atoms with E-state index >= 15 is 0 Å². The molecule has 9 heteroatoms. The van der Waals surface area contributed by atoms with Crippen molar-refractivity contribution in [2.24, 2.45) is 5.92 Å². The van der Waals surface area contributed by atoms with Gasteiger partial charge in [-0.25, -0.2) is 9.69 Å². The third kappa shape index (κ3) is 5.08. The highest BCUT2D eigenvalue weighted by atomic mass is 32.2. The van der Waals surface area contributed by atoms with Crippen LogP contribution in [0.25, 0.3) is 0 Å². The Kier molecular flexibility index (Phi) is 6.98. The molecule has 1 saturated heterocycles. The number of carbonyl (C=O) groups excluding carboxylic acids is 4. The Balaban J connectivity index is 1.95. The average molecular weight is 392 g/mol. The summed E-state index contributed by atoms with van der Waals surface area (Å²) in [4.78, 5) is 53.0. The van der Waals surface area contributed by atoms with E-state index in [1.54, 1.807) is 13.1 Å². The van der Waals surface area contributed by atoms with Crippen molar-refractivity contribution in [3.05, 3.63) is 24.3 Å². The van der Waals surface area contributed by atoms with Crippen LogP contribution in [0.15, 0.2) is 29.2 Å². The van der Waals surface area contributed by atoms with Crippen LogP contribution in [-0.2, 0) is 14.4 Å². The molecule has 27 heavy (non-hydrogen) atoms. The van der Waals surface area contributed by atoms with Crippen molar-refractivity contribution in [3.8, 4) is 0 Å². The summed E-state index contributed by atoms with van der Waals surface area (Å²) in [5.41, 5.74) is 0.704. The number of benzene rings is 1. The SMILES string of the molecule is CSc1ccccc1NC(=O)CN(C)CN1C(=O)C(=O)N(CC(C)C)C1=O. The van der Waals surface area contributed by atoms with Crippen molar-refractivity contribution < 1.29 is 19.2 Å². The van der Waals surface area contributed by atoms with E-state index in [0.717, 1.165) is 14.7 Å². The number of amides is 5. The second-order valence-corrected chi connectivity index (χ2v) is 7.58. The molecule has 0 aliphatic carbocycles. The van der Waals surface area contributed by atoms with Gasteiger partial charge in [-0.05, 0) is 31.4 Å². The van der Waals surface area contributed by atoms with E-state index < -0.39 is 17.8 Å². The fourth-order valence-electron chi connectivity index (χ4n) is 2.68. The molecule has 0 unspecified atom stereocenters. The first-order chi connectivity index (χ1) is 12.7. The standard InChI is InChI=1S/C18H24N4O4S/c1-12(2)9-21-16(24)17(25)22(18(21)26)11-20(3)10-15(23)19-13-7-5-6-8-14(13)27-4/h5-8,12H,9-11H2,1-4H3,(H,19,23). The number of rotatable bonds is 8. The first kappa shape index (κ1) is 20.9. The molecule has 1 aliphatic heterocycles. The lowest BCUT2D eigenvalue weighted by molar-refractivity contribution is -0.144. The highest BCUT2D eigenvalue weighted by Gasteiger charge is 2.44. The first-order valence-corrected chi connectivity index (χ1v) is 9.75. The predicted molar refractivity (Wildman–Crippen MR) is 103 cm³/mol. The Bertz CT molecular complexity index is 753. The Morgan fingerprint density at radius 3 is 2.41 bits per heavy atom. The van der Waals surface area contributed by atoms with E-state index in [-0.39, 0.29) is 31.6 Å². The van der Waals surface area contributed by atoms with Gasteiger partial charge in [-0.3, -0.25) is 24.2 Å². The van der Waals surface area contributed by atoms with Gasteiger partial charge in [-0.2, -0.15) is 0 Å². The summed E-state index contributed by atoms with van der Waals surface area (Å²) in [5, 5.41) is 2.82. The smallest absolute Gasteiger partial charge is 0.324 e. The van der Waals surface area contributed by atoms with Gasteiger partial charge in [0.1, 0.15) is 0 Å². The van der Waals surface area contributed by atoms with Crippen molar-refractivity contribution in [2.75, 3.05) is 38.4 Å². The van der Waals surface area contributed by atoms with Gasteiger partial charge in [0.05, 0.1) is 18.9 Å². The summed E-state index contributed by atoms with van der Waals surface area (Å²) in [6.07, 6.45) is 1.92. The normalized spacial score (nSPS) is 14.7. The van der Waals surface area contributed by atoms with E-state index in [4.69, 9.17) is 0 Å². The first-order valence-electron chi connectivity index (χ1n) is 8.53. The summed E-state index contributed by atoms with van der Waals surface area (Å²) in [6, 6.07) is 6.78. The van der Waals surface area contributed by atoms with Crippen LogP contribution in [-0.4, -0.2) is 71.5 Å². The Labute approximate surface area is 162 Å². The van der Waals surface area contributed by atoms with Crippen molar-refractivity contribution in [1.82, 2.24) is 14.7 Å². The maximum Gasteiger partial charge on any atom is 0.335 e. The van der Waals surface area contributed by atoms with Crippen LogP contribution in [0.2, 0.25) is 0 Å². The fourth-order valence-corrected chi connectivity index (χ4v) is 3.23. The maximum atomic E-state index is 12.3. The quantitative estimate of drug-likeness (QED) is 0.411. The van der Waals surface area contributed by atoms with Gasteiger partial charge in [-0.15, -0.1) is 11.8 Å². The Morgan fingerprint density at radius 1 is 1.15 bits per heavy atom. The molecule has 5 amide bonds. The third-order valence-electron chi connectivity index (χ3n) is 3.86. The van der Waals surface area contributed by atoms with E-state index in [2.05, 4.69) is 5.32 Å². The van der Waals surface area contributed by atoms with Gasteiger partial charge in [0.25, 0.3) is 0 Å². The van der Waals surface area contributed by atoms with Gasteiger partial charge in [0.2, 0.25) is 5.91 Å². The van der Waals surface area contributed by atoms with Crippen molar-refractivity contribution in [2.45, 2.75) is 18.7 Å². The predicted octanol–water partition coefficient (Wildman–Crippen LogP) is 1.68. The Morgan fingerprint density at radius 2 is 1.78 bits per heavy atom. The van der Waals surface area contributed by atoms with E-state index in [9.17, 15) is 19.2 Å². The zero-order chi connectivity index (χ0) is 20.1. The summed E-state index contributed by atoms with van der Waals surface area (Å²) in [5.74, 6) is -1.89. The summed E-state index contributed by atoms with van der Waals surface area (Å²) in [6.45, 7) is 3.75. The van der Waals surface area contributed by atoms with Crippen LogP contribution < -0.4 is 5.32 Å². The van der Waals surface area contributed by atoms with E-state index in [0.29, 0.717) is 5.69 Å². The van der Waals surface area contributed by atoms with E-state index in [1.165, 1.54) is 16.7 Å². The zero-order valence-electron chi connectivity index (χ0n) is 15.9. The highest BCUT2D eigenvalue weighted by Crippen LogP contribution is 2.24. The molecule has 2 rings (SSSR count). The molecule has 0 aromatic heterocycles.